The summed E-state index contributed by atoms with van der Waals surface area (Å²) >= 11 is 6.91. The quantitative estimate of drug-likeness (QED) is 0.440. The van der Waals surface area contributed by atoms with Crippen molar-refractivity contribution in [1.29, 1.82) is 5.26 Å². The molecule has 0 heterocycles. The number of carbonyl (C=O) groups excluding carboxylic acids is 2. The number of ether oxygens (including phenoxy) is 1. The van der Waals surface area contributed by atoms with E-state index in [9.17, 15) is 14.9 Å². The van der Waals surface area contributed by atoms with Gasteiger partial charge >= 0.3 is 5.97 Å². The average Bonchev–Trinajstić information content (AvgIpc) is 2.59. The standard InChI is InChI=1S/C18H14ClNO3S/c1-13(21)23-12-18(11-20,24-16-5-3-2-4-6-16)17(22)14-7-9-15(19)10-8-14/h2-10H,12H2,1H3. The second kappa shape index (κ2) is 8.00. The van der Waals surface area contributed by atoms with Crippen molar-refractivity contribution < 1.29 is 14.3 Å². The van der Waals surface area contributed by atoms with Crippen LogP contribution in [-0.4, -0.2) is 23.1 Å². The third-order valence-corrected chi connectivity index (χ3v) is 4.67. The molecule has 0 saturated heterocycles. The molecule has 0 aliphatic heterocycles. The number of hydrogen-bond acceptors (Lipinski definition) is 5. The summed E-state index contributed by atoms with van der Waals surface area (Å²) in [4.78, 5) is 24.9. The van der Waals surface area contributed by atoms with Gasteiger partial charge in [0.1, 0.15) is 6.61 Å². The Morgan fingerprint density at radius 3 is 2.33 bits per heavy atom. The van der Waals surface area contributed by atoms with Gasteiger partial charge in [0, 0.05) is 22.4 Å². The van der Waals surface area contributed by atoms with Crippen LogP contribution in [0.3, 0.4) is 0 Å². The minimum atomic E-state index is -1.57. The first-order chi connectivity index (χ1) is 11.5. The molecule has 0 amide bonds. The fourth-order valence-electron chi connectivity index (χ4n) is 1.97. The Bertz CT molecular complexity index is 771. The SMILES string of the molecule is CC(=O)OCC(C#N)(Sc1ccccc1)C(=O)c1ccc(Cl)cc1. The van der Waals surface area contributed by atoms with Gasteiger partial charge in [0.2, 0.25) is 4.75 Å². The molecule has 0 aromatic heterocycles. The molecule has 2 aromatic rings. The van der Waals surface area contributed by atoms with Gasteiger partial charge in [-0.3, -0.25) is 9.59 Å². The molecule has 2 aromatic carbocycles. The fraction of sp³-hybridized carbons (Fsp3) is 0.167. The predicted molar refractivity (Wildman–Crippen MR) is 93.1 cm³/mol. The second-order valence-corrected chi connectivity index (χ2v) is 6.78. The first kappa shape index (κ1) is 18.1. The van der Waals surface area contributed by atoms with Crippen molar-refractivity contribution in [3.63, 3.8) is 0 Å². The minimum absolute atomic E-state index is 0.330. The number of thioether (sulfide) groups is 1. The van der Waals surface area contributed by atoms with E-state index in [1.54, 1.807) is 36.4 Å². The zero-order valence-electron chi connectivity index (χ0n) is 12.9. The molecular weight excluding hydrogens is 346 g/mol. The minimum Gasteiger partial charge on any atom is -0.463 e. The molecule has 0 saturated carbocycles. The van der Waals surface area contributed by atoms with E-state index in [2.05, 4.69) is 0 Å². The molecule has 0 N–H and O–H groups in total. The highest BCUT2D eigenvalue weighted by molar-refractivity contribution is 8.01. The van der Waals surface area contributed by atoms with Gasteiger partial charge in [0.05, 0.1) is 6.07 Å². The van der Waals surface area contributed by atoms with Crippen LogP contribution in [0.1, 0.15) is 17.3 Å². The van der Waals surface area contributed by atoms with Gasteiger partial charge in [-0.25, -0.2) is 0 Å². The highest BCUT2D eigenvalue weighted by Crippen LogP contribution is 2.36. The number of rotatable bonds is 6. The third-order valence-electron chi connectivity index (χ3n) is 3.17. The lowest BCUT2D eigenvalue weighted by Gasteiger charge is -2.24. The number of Topliss-reactive ketones (excluding diaryl/α,β-unsaturated/α-hetero) is 1. The maximum atomic E-state index is 12.9. The highest BCUT2D eigenvalue weighted by atomic mass is 35.5. The molecule has 0 aliphatic rings. The summed E-state index contributed by atoms with van der Waals surface area (Å²) < 4.78 is 3.44. The molecule has 0 radical (unpaired) electrons. The van der Waals surface area contributed by atoms with Crippen LogP contribution in [-0.2, 0) is 9.53 Å². The topological polar surface area (TPSA) is 67.2 Å². The normalized spacial score (nSPS) is 12.7. The van der Waals surface area contributed by atoms with Crippen LogP contribution in [0.5, 0.6) is 0 Å². The Labute approximate surface area is 149 Å². The van der Waals surface area contributed by atoms with E-state index in [0.717, 1.165) is 16.7 Å². The molecule has 24 heavy (non-hydrogen) atoms. The number of nitriles is 1. The van der Waals surface area contributed by atoms with Gasteiger partial charge in [-0.2, -0.15) is 5.26 Å². The van der Waals surface area contributed by atoms with Crippen molar-refractivity contribution in [2.75, 3.05) is 6.61 Å². The summed E-state index contributed by atoms with van der Waals surface area (Å²) in [6, 6.07) is 17.3. The number of halogens is 1. The number of benzene rings is 2. The lowest BCUT2D eigenvalue weighted by atomic mass is 9.98. The van der Waals surface area contributed by atoms with Crippen LogP contribution in [0, 0.1) is 11.3 Å². The van der Waals surface area contributed by atoms with E-state index < -0.39 is 16.5 Å². The van der Waals surface area contributed by atoms with E-state index in [1.807, 2.05) is 24.3 Å². The summed E-state index contributed by atoms with van der Waals surface area (Å²) in [7, 11) is 0. The number of hydrogen-bond donors (Lipinski definition) is 0. The summed E-state index contributed by atoms with van der Waals surface area (Å²) in [6.45, 7) is 0.905. The maximum absolute atomic E-state index is 12.9. The second-order valence-electron chi connectivity index (χ2n) is 4.97. The number of esters is 1. The molecule has 122 valence electrons. The molecule has 0 fully saturated rings. The van der Waals surface area contributed by atoms with Gasteiger partial charge in [0.25, 0.3) is 0 Å². The van der Waals surface area contributed by atoms with Crippen LogP contribution in [0.15, 0.2) is 59.5 Å². The van der Waals surface area contributed by atoms with Crippen LogP contribution < -0.4 is 0 Å². The van der Waals surface area contributed by atoms with Crippen molar-refractivity contribution in [3.8, 4) is 6.07 Å². The van der Waals surface area contributed by atoms with E-state index >= 15 is 0 Å². The smallest absolute Gasteiger partial charge is 0.302 e. The van der Waals surface area contributed by atoms with Gasteiger partial charge < -0.3 is 4.74 Å². The van der Waals surface area contributed by atoms with E-state index in [-0.39, 0.29) is 6.61 Å². The monoisotopic (exact) mass is 359 g/mol. The zero-order chi connectivity index (χ0) is 17.6. The summed E-state index contributed by atoms with van der Waals surface area (Å²) in [5, 5.41) is 10.2. The van der Waals surface area contributed by atoms with E-state index in [0.29, 0.717) is 10.6 Å². The largest absolute Gasteiger partial charge is 0.463 e. The highest BCUT2D eigenvalue weighted by Gasteiger charge is 2.42. The molecule has 1 atom stereocenters. The summed E-state index contributed by atoms with van der Waals surface area (Å²) in [6.07, 6.45) is 0. The van der Waals surface area contributed by atoms with Crippen LogP contribution >= 0.6 is 23.4 Å². The maximum Gasteiger partial charge on any atom is 0.302 e. The molecule has 0 bridgehead atoms. The van der Waals surface area contributed by atoms with Crippen molar-refractivity contribution in [1.82, 2.24) is 0 Å². The van der Waals surface area contributed by atoms with Crippen LogP contribution in [0.2, 0.25) is 5.02 Å². The van der Waals surface area contributed by atoms with Gasteiger partial charge in [-0.15, -0.1) is 0 Å². The molecule has 1 unspecified atom stereocenters. The van der Waals surface area contributed by atoms with Crippen LogP contribution in [0.4, 0.5) is 0 Å². The first-order valence-corrected chi connectivity index (χ1v) is 8.25. The molecule has 0 aliphatic carbocycles. The first-order valence-electron chi connectivity index (χ1n) is 7.06. The third kappa shape index (κ3) is 4.38. The van der Waals surface area contributed by atoms with Crippen molar-refractivity contribution in [3.05, 3.63) is 65.2 Å². The zero-order valence-corrected chi connectivity index (χ0v) is 14.4. The van der Waals surface area contributed by atoms with Crippen LogP contribution in [0.25, 0.3) is 0 Å². The van der Waals surface area contributed by atoms with Crippen molar-refractivity contribution in [2.45, 2.75) is 16.6 Å². The van der Waals surface area contributed by atoms with Gasteiger partial charge in [0.15, 0.2) is 5.78 Å². The molecular formula is C18H14ClNO3S. The fourth-order valence-corrected chi connectivity index (χ4v) is 3.17. The van der Waals surface area contributed by atoms with Crippen molar-refractivity contribution in [2.24, 2.45) is 0 Å². The molecule has 2 rings (SSSR count). The Morgan fingerprint density at radius 1 is 1.17 bits per heavy atom. The van der Waals surface area contributed by atoms with E-state index in [1.165, 1.54) is 6.92 Å². The number of ketones is 1. The van der Waals surface area contributed by atoms with Crippen molar-refractivity contribution >= 4 is 35.1 Å². The summed E-state index contributed by atoms with van der Waals surface area (Å²) in [5.41, 5.74) is 0.330. The number of carbonyl (C=O) groups is 2. The Balaban J connectivity index is 2.40. The Hall–Kier alpha value is -2.29. The van der Waals surface area contributed by atoms with Gasteiger partial charge in [-0.05, 0) is 36.4 Å². The predicted octanol–water partition coefficient (Wildman–Crippen LogP) is 4.14. The average molecular weight is 360 g/mol. The lowest BCUT2D eigenvalue weighted by Crippen LogP contribution is -2.39. The molecule has 6 heteroatoms. The summed E-state index contributed by atoms with van der Waals surface area (Å²) in [5.74, 6) is -0.982. The molecule has 0 spiro atoms. The lowest BCUT2D eigenvalue weighted by molar-refractivity contribution is -0.141. The van der Waals surface area contributed by atoms with Gasteiger partial charge in [-0.1, -0.05) is 41.6 Å². The Morgan fingerprint density at radius 2 is 1.79 bits per heavy atom. The molecule has 4 nitrogen and oxygen atoms in total. The number of nitrogens with zero attached hydrogens (tertiary/aromatic N) is 1. The van der Waals surface area contributed by atoms with E-state index in [4.69, 9.17) is 16.3 Å². The Kier molecular flexibility index (Phi) is 6.02.